The second-order valence-electron chi connectivity index (χ2n) is 4.13. The van der Waals surface area contributed by atoms with Crippen LogP contribution < -0.4 is 4.74 Å². The van der Waals surface area contributed by atoms with Crippen molar-refractivity contribution >= 4 is 5.71 Å². The lowest BCUT2D eigenvalue weighted by atomic mass is 10.1. The van der Waals surface area contributed by atoms with E-state index in [0.717, 1.165) is 17.7 Å². The van der Waals surface area contributed by atoms with Crippen LogP contribution in [0.3, 0.4) is 0 Å². The number of aryl methyl sites for hydroxylation is 1. The van der Waals surface area contributed by atoms with Gasteiger partial charge in [-0.2, -0.15) is 0 Å². The first-order chi connectivity index (χ1) is 8.79. The molecule has 0 fully saturated rings. The summed E-state index contributed by atoms with van der Waals surface area (Å²) < 4.78 is 5.60. The predicted molar refractivity (Wildman–Crippen MR) is 74.6 cm³/mol. The third kappa shape index (κ3) is 3.20. The van der Waals surface area contributed by atoms with Crippen LogP contribution in [0.25, 0.3) is 0 Å². The molecular formula is C16H17NO. The maximum atomic E-state index is 7.93. The van der Waals surface area contributed by atoms with Gasteiger partial charge in [0, 0.05) is 0 Å². The van der Waals surface area contributed by atoms with E-state index < -0.39 is 0 Å². The van der Waals surface area contributed by atoms with E-state index >= 15 is 0 Å². The molecule has 0 aliphatic heterocycles. The van der Waals surface area contributed by atoms with E-state index in [0.29, 0.717) is 12.3 Å². The molecule has 0 aliphatic rings. The Labute approximate surface area is 108 Å². The van der Waals surface area contributed by atoms with Gasteiger partial charge in [0.2, 0.25) is 0 Å². The normalized spacial score (nSPS) is 10.1. The molecule has 0 saturated heterocycles. The number of hydrogen-bond acceptors (Lipinski definition) is 2. The molecule has 0 radical (unpaired) electrons. The minimum Gasteiger partial charge on any atom is -0.487 e. The van der Waals surface area contributed by atoms with Crippen molar-refractivity contribution in [1.82, 2.24) is 0 Å². The molecule has 0 aromatic heterocycles. The average molecular weight is 239 g/mol. The van der Waals surface area contributed by atoms with E-state index in [4.69, 9.17) is 10.1 Å². The number of hydrogen-bond donors (Lipinski definition) is 1. The van der Waals surface area contributed by atoms with Crippen LogP contribution >= 0.6 is 0 Å². The molecule has 0 bridgehead atoms. The first kappa shape index (κ1) is 12.4. The molecule has 2 nitrogen and oxygen atoms in total. The fourth-order valence-electron chi connectivity index (χ4n) is 1.70. The number of benzene rings is 2. The van der Waals surface area contributed by atoms with E-state index in [1.54, 1.807) is 0 Å². The summed E-state index contributed by atoms with van der Waals surface area (Å²) in [5.74, 6) is 0.813. The van der Waals surface area contributed by atoms with Crippen LogP contribution in [0.1, 0.15) is 18.1 Å². The van der Waals surface area contributed by atoms with Gasteiger partial charge in [-0.25, -0.2) is 0 Å². The zero-order valence-corrected chi connectivity index (χ0v) is 10.5. The summed E-state index contributed by atoms with van der Waals surface area (Å²) in [7, 11) is 0. The molecule has 18 heavy (non-hydrogen) atoms. The molecule has 1 N–H and O–H groups in total. The van der Waals surface area contributed by atoms with Crippen LogP contribution in [0.15, 0.2) is 54.6 Å². The average Bonchev–Trinajstić information content (AvgIpc) is 2.46. The highest BCUT2D eigenvalue weighted by Gasteiger charge is 2.01. The SMILES string of the molecule is CCc1ccc(OCC(=N)c2ccccc2)cc1. The fourth-order valence-corrected chi connectivity index (χ4v) is 1.70. The van der Waals surface area contributed by atoms with Gasteiger partial charge >= 0.3 is 0 Å². The molecule has 2 aromatic rings. The molecule has 2 rings (SSSR count). The summed E-state index contributed by atoms with van der Waals surface area (Å²) in [6.45, 7) is 2.43. The predicted octanol–water partition coefficient (Wildman–Crippen LogP) is 3.70. The molecule has 92 valence electrons. The maximum Gasteiger partial charge on any atom is 0.130 e. The van der Waals surface area contributed by atoms with Crippen molar-refractivity contribution in [2.24, 2.45) is 0 Å². The van der Waals surface area contributed by atoms with Gasteiger partial charge in [0.1, 0.15) is 12.4 Å². The second kappa shape index (κ2) is 6.01. The van der Waals surface area contributed by atoms with E-state index in [1.165, 1.54) is 5.56 Å². The van der Waals surface area contributed by atoms with Crippen LogP contribution in [0.2, 0.25) is 0 Å². The number of ether oxygens (including phenoxy) is 1. The molecule has 0 atom stereocenters. The van der Waals surface area contributed by atoms with Crippen LogP contribution in [0.4, 0.5) is 0 Å². The lowest BCUT2D eigenvalue weighted by Crippen LogP contribution is -2.11. The van der Waals surface area contributed by atoms with Crippen LogP contribution in [-0.4, -0.2) is 12.3 Å². The Morgan fingerprint density at radius 2 is 1.67 bits per heavy atom. The zero-order valence-electron chi connectivity index (χ0n) is 10.5. The van der Waals surface area contributed by atoms with Gasteiger partial charge < -0.3 is 10.1 Å². The van der Waals surface area contributed by atoms with Crippen molar-refractivity contribution in [2.45, 2.75) is 13.3 Å². The molecule has 0 aliphatic carbocycles. The number of rotatable bonds is 5. The van der Waals surface area contributed by atoms with E-state index in [-0.39, 0.29) is 0 Å². The maximum absolute atomic E-state index is 7.93. The minimum atomic E-state index is 0.301. The monoisotopic (exact) mass is 239 g/mol. The lowest BCUT2D eigenvalue weighted by molar-refractivity contribution is 0.376. The minimum absolute atomic E-state index is 0.301. The molecule has 2 aromatic carbocycles. The Hall–Kier alpha value is -2.09. The number of nitrogens with one attached hydrogen (secondary N) is 1. The zero-order chi connectivity index (χ0) is 12.8. The lowest BCUT2D eigenvalue weighted by Gasteiger charge is -2.08. The molecule has 0 heterocycles. The van der Waals surface area contributed by atoms with Crippen molar-refractivity contribution in [2.75, 3.05) is 6.61 Å². The smallest absolute Gasteiger partial charge is 0.130 e. The molecule has 0 amide bonds. The third-order valence-electron chi connectivity index (χ3n) is 2.84. The Balaban J connectivity index is 1.93. The molecule has 0 saturated carbocycles. The Morgan fingerprint density at radius 3 is 2.28 bits per heavy atom. The van der Waals surface area contributed by atoms with Crippen molar-refractivity contribution in [3.63, 3.8) is 0 Å². The summed E-state index contributed by atoms with van der Waals surface area (Å²) in [6, 6.07) is 17.7. The first-order valence-corrected chi connectivity index (χ1v) is 6.14. The summed E-state index contributed by atoms with van der Waals surface area (Å²) in [4.78, 5) is 0. The topological polar surface area (TPSA) is 33.1 Å². The van der Waals surface area contributed by atoms with Gasteiger partial charge in [-0.15, -0.1) is 0 Å². The summed E-state index contributed by atoms with van der Waals surface area (Å²) in [5.41, 5.74) is 2.69. The van der Waals surface area contributed by atoms with Gasteiger partial charge in [0.25, 0.3) is 0 Å². The quantitative estimate of drug-likeness (QED) is 0.793. The van der Waals surface area contributed by atoms with Crippen molar-refractivity contribution in [1.29, 1.82) is 5.41 Å². The Bertz CT molecular complexity index is 502. The van der Waals surface area contributed by atoms with Crippen molar-refractivity contribution < 1.29 is 4.74 Å². The van der Waals surface area contributed by atoms with Crippen molar-refractivity contribution in [3.05, 3.63) is 65.7 Å². The van der Waals surface area contributed by atoms with Crippen molar-refractivity contribution in [3.8, 4) is 5.75 Å². The molecule has 0 spiro atoms. The van der Waals surface area contributed by atoms with Gasteiger partial charge in [0.15, 0.2) is 0 Å². The van der Waals surface area contributed by atoms with Crippen LogP contribution in [-0.2, 0) is 6.42 Å². The first-order valence-electron chi connectivity index (χ1n) is 6.14. The summed E-state index contributed by atoms with van der Waals surface area (Å²) >= 11 is 0. The third-order valence-corrected chi connectivity index (χ3v) is 2.84. The van der Waals surface area contributed by atoms with Crippen LogP contribution in [0.5, 0.6) is 5.75 Å². The van der Waals surface area contributed by atoms with Gasteiger partial charge in [0.05, 0.1) is 5.71 Å². The van der Waals surface area contributed by atoms with Crippen LogP contribution in [0, 0.1) is 5.41 Å². The summed E-state index contributed by atoms with van der Waals surface area (Å²) in [5, 5.41) is 7.93. The van der Waals surface area contributed by atoms with Gasteiger partial charge in [-0.3, -0.25) is 0 Å². The molecule has 0 unspecified atom stereocenters. The Morgan fingerprint density at radius 1 is 1.00 bits per heavy atom. The Kier molecular flexibility index (Phi) is 4.13. The van der Waals surface area contributed by atoms with E-state index in [1.807, 2.05) is 42.5 Å². The highest BCUT2D eigenvalue weighted by atomic mass is 16.5. The highest BCUT2D eigenvalue weighted by molar-refractivity contribution is 5.99. The highest BCUT2D eigenvalue weighted by Crippen LogP contribution is 2.13. The van der Waals surface area contributed by atoms with Gasteiger partial charge in [-0.05, 0) is 29.7 Å². The molecule has 2 heteroatoms. The van der Waals surface area contributed by atoms with E-state index in [9.17, 15) is 0 Å². The second-order valence-corrected chi connectivity index (χ2v) is 4.13. The van der Waals surface area contributed by atoms with Gasteiger partial charge in [-0.1, -0.05) is 49.4 Å². The van der Waals surface area contributed by atoms with E-state index in [2.05, 4.69) is 19.1 Å². The largest absolute Gasteiger partial charge is 0.487 e. The standard InChI is InChI=1S/C16H17NO/c1-2-13-8-10-15(11-9-13)18-12-16(17)14-6-4-3-5-7-14/h3-11,17H,2,12H2,1H3. The molecular weight excluding hydrogens is 222 g/mol. The summed E-state index contributed by atoms with van der Waals surface area (Å²) in [6.07, 6.45) is 1.03. The fraction of sp³-hybridized carbons (Fsp3) is 0.188.